The van der Waals surface area contributed by atoms with Crippen LogP contribution in [-0.2, 0) is 9.53 Å². The first-order valence-electron chi connectivity index (χ1n) is 7.87. The fourth-order valence-electron chi connectivity index (χ4n) is 2.34. The largest absolute Gasteiger partial charge is 0.490 e. The summed E-state index contributed by atoms with van der Waals surface area (Å²) >= 11 is 0. The summed E-state index contributed by atoms with van der Waals surface area (Å²) in [6, 6.07) is 1.46. The number of carboxylic acid groups (broad SMARTS) is 2. The number of rotatable bonds is 4. The molecule has 0 spiro atoms. The second kappa shape index (κ2) is 8.66. The maximum absolute atomic E-state index is 11.1. The molecule has 3 rings (SSSR count). The second-order valence-electron chi connectivity index (χ2n) is 5.67. The summed E-state index contributed by atoms with van der Waals surface area (Å²) in [4.78, 5) is 28.2. The summed E-state index contributed by atoms with van der Waals surface area (Å²) in [5.74, 6) is -2.77. The molecule has 1 saturated heterocycles. The number of carboxylic acids is 2. The van der Waals surface area contributed by atoms with Gasteiger partial charge in [0, 0.05) is 38.2 Å². The van der Waals surface area contributed by atoms with Gasteiger partial charge >= 0.3 is 18.1 Å². The highest BCUT2D eigenvalue weighted by atomic mass is 19.4. The van der Waals surface area contributed by atoms with Crippen molar-refractivity contribution in [2.45, 2.75) is 19.0 Å². The molecule has 27 heavy (non-hydrogen) atoms. The lowest BCUT2D eigenvalue weighted by atomic mass is 10.0. The van der Waals surface area contributed by atoms with Gasteiger partial charge in [-0.25, -0.2) is 19.6 Å². The molecule has 1 aliphatic rings. The molecule has 0 aliphatic carbocycles. The van der Waals surface area contributed by atoms with Crippen molar-refractivity contribution in [1.82, 2.24) is 14.4 Å². The first-order chi connectivity index (χ1) is 12.7. The molecule has 9 nitrogen and oxygen atoms in total. The number of alkyl halides is 3. The van der Waals surface area contributed by atoms with Gasteiger partial charge in [0.15, 0.2) is 5.69 Å². The van der Waals surface area contributed by atoms with Crippen molar-refractivity contribution in [2.75, 3.05) is 25.1 Å². The van der Waals surface area contributed by atoms with E-state index in [0.29, 0.717) is 17.5 Å². The van der Waals surface area contributed by atoms with Crippen LogP contribution >= 0.6 is 0 Å². The van der Waals surface area contributed by atoms with E-state index in [1.807, 2.05) is 0 Å². The first-order valence-corrected chi connectivity index (χ1v) is 7.87. The molecule has 0 radical (unpaired) electrons. The van der Waals surface area contributed by atoms with Crippen LogP contribution in [0.2, 0.25) is 0 Å². The Hall–Kier alpha value is -2.89. The molecule has 2 aromatic heterocycles. The zero-order chi connectivity index (χ0) is 20.0. The first kappa shape index (κ1) is 20.4. The van der Waals surface area contributed by atoms with Gasteiger partial charge in [0.1, 0.15) is 5.65 Å². The summed E-state index contributed by atoms with van der Waals surface area (Å²) in [5.41, 5.74) is 0.574. The van der Waals surface area contributed by atoms with Gasteiger partial charge in [-0.1, -0.05) is 0 Å². The number of aromatic carboxylic acids is 1. The standard InChI is InChI=1S/C13H16N4O3.C2HF3O2/c18-12(19)10-7-11-14-3-4-17(11)13(16-10)15-8-9-1-5-20-6-2-9;3-2(4,5)1(6)7/h3-4,7,9H,1-2,5-6,8H2,(H,15,16)(H,18,19);(H,6,7). The maximum Gasteiger partial charge on any atom is 0.490 e. The molecular formula is C15H17F3N4O5. The minimum absolute atomic E-state index is 0.00169. The fraction of sp³-hybridized carbons (Fsp3) is 0.467. The smallest absolute Gasteiger partial charge is 0.477 e. The SMILES string of the molecule is O=C(O)C(F)(F)F.O=C(O)c1cc2nccn2c(NCC2CCOCC2)n1. The van der Waals surface area contributed by atoms with Gasteiger partial charge in [-0.2, -0.15) is 13.2 Å². The lowest BCUT2D eigenvalue weighted by Crippen LogP contribution is -2.24. The van der Waals surface area contributed by atoms with Crippen LogP contribution < -0.4 is 5.32 Å². The molecule has 1 aliphatic heterocycles. The number of ether oxygens (including phenoxy) is 1. The number of fused-ring (bicyclic) bond motifs is 1. The van der Waals surface area contributed by atoms with Crippen molar-refractivity contribution >= 4 is 23.5 Å². The molecule has 0 aromatic carbocycles. The minimum atomic E-state index is -5.08. The summed E-state index contributed by atoms with van der Waals surface area (Å²) < 4.78 is 38.8. The van der Waals surface area contributed by atoms with Crippen molar-refractivity contribution < 1.29 is 37.7 Å². The number of nitrogens with zero attached hydrogens (tertiary/aromatic N) is 3. The van der Waals surface area contributed by atoms with Crippen LogP contribution in [-0.4, -0.2) is 62.5 Å². The third kappa shape index (κ3) is 5.81. The normalized spacial score (nSPS) is 15.1. The summed E-state index contributed by atoms with van der Waals surface area (Å²) in [7, 11) is 0. The Kier molecular flexibility index (Phi) is 6.55. The van der Waals surface area contributed by atoms with E-state index >= 15 is 0 Å². The molecule has 2 aromatic rings. The second-order valence-corrected chi connectivity index (χ2v) is 5.67. The van der Waals surface area contributed by atoms with Crippen LogP contribution in [0.5, 0.6) is 0 Å². The molecule has 12 heteroatoms. The van der Waals surface area contributed by atoms with Gasteiger partial charge < -0.3 is 20.3 Å². The van der Waals surface area contributed by atoms with Crippen LogP contribution in [0.3, 0.4) is 0 Å². The number of carbonyl (C=O) groups is 2. The number of imidazole rings is 1. The molecule has 0 bridgehead atoms. The van der Waals surface area contributed by atoms with Gasteiger partial charge in [-0.15, -0.1) is 0 Å². The number of aromatic nitrogens is 3. The minimum Gasteiger partial charge on any atom is -0.477 e. The Morgan fingerprint density at radius 2 is 1.93 bits per heavy atom. The van der Waals surface area contributed by atoms with E-state index in [1.54, 1.807) is 16.8 Å². The topological polar surface area (TPSA) is 126 Å². The van der Waals surface area contributed by atoms with Crippen LogP contribution in [0, 0.1) is 5.92 Å². The molecule has 0 saturated carbocycles. The zero-order valence-corrected chi connectivity index (χ0v) is 13.9. The summed E-state index contributed by atoms with van der Waals surface area (Å²) in [6.07, 6.45) is 0.333. The molecule has 0 unspecified atom stereocenters. The summed E-state index contributed by atoms with van der Waals surface area (Å²) in [5, 5.41) is 19.4. The van der Waals surface area contributed by atoms with E-state index < -0.39 is 18.1 Å². The fourth-order valence-corrected chi connectivity index (χ4v) is 2.34. The van der Waals surface area contributed by atoms with E-state index in [-0.39, 0.29) is 5.69 Å². The number of aliphatic carboxylic acids is 1. The quantitative estimate of drug-likeness (QED) is 0.723. The molecule has 3 heterocycles. The molecular weight excluding hydrogens is 373 g/mol. The Morgan fingerprint density at radius 3 is 2.48 bits per heavy atom. The Labute approximate surface area is 150 Å². The van der Waals surface area contributed by atoms with Crippen molar-refractivity contribution in [3.05, 3.63) is 24.2 Å². The van der Waals surface area contributed by atoms with Crippen LogP contribution in [0.1, 0.15) is 23.3 Å². The van der Waals surface area contributed by atoms with Crippen LogP contribution in [0.4, 0.5) is 19.1 Å². The third-order valence-electron chi connectivity index (χ3n) is 3.74. The number of hydrogen-bond acceptors (Lipinski definition) is 6. The van der Waals surface area contributed by atoms with Crippen LogP contribution in [0.25, 0.3) is 5.65 Å². The predicted octanol–water partition coefficient (Wildman–Crippen LogP) is 1.90. The van der Waals surface area contributed by atoms with Gasteiger partial charge in [-0.05, 0) is 18.8 Å². The van der Waals surface area contributed by atoms with Gasteiger partial charge in [-0.3, -0.25) is 4.40 Å². The molecule has 0 amide bonds. The number of nitrogens with one attached hydrogen (secondary N) is 1. The Morgan fingerprint density at radius 1 is 1.30 bits per heavy atom. The van der Waals surface area contributed by atoms with Crippen molar-refractivity contribution in [3.8, 4) is 0 Å². The average Bonchev–Trinajstić information content (AvgIpc) is 3.09. The van der Waals surface area contributed by atoms with Crippen LogP contribution in [0.15, 0.2) is 18.5 Å². The van der Waals surface area contributed by atoms with E-state index in [1.165, 1.54) is 6.07 Å². The number of anilines is 1. The van der Waals surface area contributed by atoms with Crippen molar-refractivity contribution in [1.29, 1.82) is 0 Å². The van der Waals surface area contributed by atoms with E-state index in [4.69, 9.17) is 19.7 Å². The Bertz CT molecular complexity index is 802. The van der Waals surface area contributed by atoms with Gasteiger partial charge in [0.2, 0.25) is 5.95 Å². The van der Waals surface area contributed by atoms with E-state index in [2.05, 4.69) is 15.3 Å². The summed E-state index contributed by atoms with van der Waals surface area (Å²) in [6.45, 7) is 2.33. The highest BCUT2D eigenvalue weighted by Crippen LogP contribution is 2.17. The molecule has 0 atom stereocenters. The highest BCUT2D eigenvalue weighted by Gasteiger charge is 2.38. The van der Waals surface area contributed by atoms with Crippen molar-refractivity contribution in [2.24, 2.45) is 5.92 Å². The zero-order valence-electron chi connectivity index (χ0n) is 13.9. The Balaban J connectivity index is 0.000000321. The van der Waals surface area contributed by atoms with Crippen molar-refractivity contribution in [3.63, 3.8) is 0 Å². The third-order valence-corrected chi connectivity index (χ3v) is 3.74. The van der Waals surface area contributed by atoms with E-state index in [9.17, 15) is 18.0 Å². The predicted molar refractivity (Wildman–Crippen MR) is 85.7 cm³/mol. The number of halogens is 3. The molecule has 1 fully saturated rings. The molecule has 148 valence electrons. The van der Waals surface area contributed by atoms with E-state index in [0.717, 1.165) is 32.6 Å². The van der Waals surface area contributed by atoms with Gasteiger partial charge in [0.05, 0.1) is 0 Å². The van der Waals surface area contributed by atoms with Gasteiger partial charge in [0.25, 0.3) is 0 Å². The highest BCUT2D eigenvalue weighted by molar-refractivity contribution is 5.87. The average molecular weight is 390 g/mol. The molecule has 3 N–H and O–H groups in total. The monoisotopic (exact) mass is 390 g/mol. The number of hydrogen-bond donors (Lipinski definition) is 3. The maximum atomic E-state index is 11.1. The lowest BCUT2D eigenvalue weighted by Gasteiger charge is -2.22. The lowest BCUT2D eigenvalue weighted by molar-refractivity contribution is -0.192.